The fraction of sp³-hybridized carbons (Fsp3) is 0.500. The molecule has 0 radical (unpaired) electrons. The minimum atomic E-state index is -0.295. The summed E-state index contributed by atoms with van der Waals surface area (Å²) in [6, 6.07) is 7.74. The fourth-order valence-electron chi connectivity index (χ4n) is 2.61. The van der Waals surface area contributed by atoms with E-state index in [1.807, 2.05) is 24.3 Å². The Hall–Kier alpha value is -0.860. The van der Waals surface area contributed by atoms with Gasteiger partial charge in [-0.05, 0) is 57.6 Å². The number of Topliss-reactive ketones (excluding diaryl/α,β-unsaturated/α-hetero) is 1. The topological polar surface area (TPSA) is 20.3 Å². The van der Waals surface area contributed by atoms with Crippen LogP contribution >= 0.6 is 11.6 Å². The van der Waals surface area contributed by atoms with Gasteiger partial charge in [-0.15, -0.1) is 0 Å². The number of hydrogen-bond acceptors (Lipinski definition) is 2. The quantitative estimate of drug-likeness (QED) is 0.806. The highest BCUT2D eigenvalue weighted by Gasteiger charge is 2.39. The molecule has 1 saturated heterocycles. The minimum absolute atomic E-state index is 0.271. The maximum atomic E-state index is 12.1. The number of rotatable bonds is 2. The summed E-state index contributed by atoms with van der Waals surface area (Å²) >= 11 is 5.91. The van der Waals surface area contributed by atoms with Gasteiger partial charge in [-0.1, -0.05) is 23.7 Å². The minimum Gasteiger partial charge on any atom is -0.306 e. The summed E-state index contributed by atoms with van der Waals surface area (Å²) in [6.45, 7) is 3.66. The summed E-state index contributed by atoms with van der Waals surface area (Å²) in [5.41, 5.74) is 0.819. The molecule has 2 nitrogen and oxygen atoms in total. The van der Waals surface area contributed by atoms with Crippen LogP contribution in [0.4, 0.5) is 0 Å². The molecule has 1 aromatic carbocycles. The fourth-order valence-corrected chi connectivity index (χ4v) is 2.74. The highest BCUT2D eigenvalue weighted by atomic mass is 35.5. The van der Waals surface area contributed by atoms with E-state index in [2.05, 4.69) is 11.9 Å². The molecule has 3 heteroatoms. The van der Waals surface area contributed by atoms with E-state index < -0.39 is 0 Å². The van der Waals surface area contributed by atoms with Crippen LogP contribution in [0.15, 0.2) is 24.3 Å². The zero-order chi connectivity index (χ0) is 12.5. The molecule has 0 amide bonds. The summed E-state index contributed by atoms with van der Waals surface area (Å²) in [5, 5.41) is 0.723. The average molecular weight is 252 g/mol. The molecule has 17 heavy (non-hydrogen) atoms. The van der Waals surface area contributed by atoms with Gasteiger partial charge in [-0.25, -0.2) is 0 Å². The van der Waals surface area contributed by atoms with Crippen LogP contribution in [0.3, 0.4) is 0 Å². The van der Waals surface area contributed by atoms with Crippen LogP contribution in [0.5, 0.6) is 0 Å². The van der Waals surface area contributed by atoms with Crippen LogP contribution in [0.25, 0.3) is 0 Å². The van der Waals surface area contributed by atoms with E-state index in [4.69, 9.17) is 11.6 Å². The van der Waals surface area contributed by atoms with E-state index in [1.54, 1.807) is 6.92 Å². The predicted octanol–water partition coefficient (Wildman–Crippen LogP) is 2.89. The van der Waals surface area contributed by atoms with Crippen LogP contribution in [-0.4, -0.2) is 30.8 Å². The molecule has 0 N–H and O–H groups in total. The van der Waals surface area contributed by atoms with Crippen LogP contribution in [0.1, 0.15) is 25.3 Å². The van der Waals surface area contributed by atoms with Crippen molar-refractivity contribution >= 4 is 17.4 Å². The van der Waals surface area contributed by atoms with Gasteiger partial charge in [0.15, 0.2) is 0 Å². The van der Waals surface area contributed by atoms with Crippen LogP contribution in [0, 0.1) is 0 Å². The van der Waals surface area contributed by atoms with Gasteiger partial charge in [-0.3, -0.25) is 4.79 Å². The van der Waals surface area contributed by atoms with Crippen molar-refractivity contribution in [2.24, 2.45) is 0 Å². The number of ketones is 1. The third-order valence-electron chi connectivity index (χ3n) is 3.91. The molecule has 2 rings (SSSR count). The predicted molar refractivity (Wildman–Crippen MR) is 70.5 cm³/mol. The number of halogens is 1. The Balaban J connectivity index is 2.35. The zero-order valence-corrected chi connectivity index (χ0v) is 11.1. The highest BCUT2D eigenvalue weighted by Crippen LogP contribution is 2.36. The van der Waals surface area contributed by atoms with E-state index in [0.717, 1.165) is 36.5 Å². The Bertz CT molecular complexity index is 405. The van der Waals surface area contributed by atoms with Crippen LogP contribution in [-0.2, 0) is 10.2 Å². The first-order valence-electron chi connectivity index (χ1n) is 6.00. The largest absolute Gasteiger partial charge is 0.306 e. The van der Waals surface area contributed by atoms with Gasteiger partial charge in [0.2, 0.25) is 0 Å². The molecule has 1 aliphatic rings. The number of piperidine rings is 1. The third-order valence-corrected chi connectivity index (χ3v) is 4.16. The molecular weight excluding hydrogens is 234 g/mol. The van der Waals surface area contributed by atoms with E-state index in [0.29, 0.717) is 0 Å². The van der Waals surface area contributed by atoms with Gasteiger partial charge in [0, 0.05) is 5.02 Å². The van der Waals surface area contributed by atoms with Crippen molar-refractivity contribution in [3.05, 3.63) is 34.9 Å². The van der Waals surface area contributed by atoms with E-state index in [9.17, 15) is 4.79 Å². The van der Waals surface area contributed by atoms with Gasteiger partial charge in [0.1, 0.15) is 5.78 Å². The van der Waals surface area contributed by atoms with E-state index in [1.165, 1.54) is 0 Å². The molecule has 92 valence electrons. The normalized spacial score (nSPS) is 20.2. The molecule has 1 heterocycles. The van der Waals surface area contributed by atoms with Gasteiger partial charge in [0.25, 0.3) is 0 Å². The second kappa shape index (κ2) is 4.79. The maximum absolute atomic E-state index is 12.1. The molecule has 0 atom stereocenters. The van der Waals surface area contributed by atoms with Crippen molar-refractivity contribution < 1.29 is 4.79 Å². The highest BCUT2D eigenvalue weighted by molar-refractivity contribution is 6.30. The Kier molecular flexibility index (Phi) is 3.55. The smallest absolute Gasteiger partial charge is 0.140 e. The van der Waals surface area contributed by atoms with Gasteiger partial charge >= 0.3 is 0 Å². The van der Waals surface area contributed by atoms with Crippen molar-refractivity contribution in [1.82, 2.24) is 4.90 Å². The number of hydrogen-bond donors (Lipinski definition) is 0. The lowest BCUT2D eigenvalue weighted by atomic mass is 9.70. The van der Waals surface area contributed by atoms with Crippen molar-refractivity contribution in [3.8, 4) is 0 Å². The molecule has 0 aromatic heterocycles. The Morgan fingerprint density at radius 1 is 1.24 bits per heavy atom. The second-order valence-corrected chi connectivity index (χ2v) is 5.38. The van der Waals surface area contributed by atoms with Crippen LogP contribution in [0.2, 0.25) is 5.02 Å². The molecule has 0 saturated carbocycles. The first-order valence-corrected chi connectivity index (χ1v) is 6.38. The first kappa shape index (κ1) is 12.6. The summed E-state index contributed by atoms with van der Waals surface area (Å²) in [4.78, 5) is 14.3. The standard InChI is InChI=1S/C14H18ClNO/c1-11(17)14(7-9-16(2)10-8-14)12-3-5-13(15)6-4-12/h3-6H,7-10H2,1-2H3. The zero-order valence-electron chi connectivity index (χ0n) is 10.4. The van der Waals surface area contributed by atoms with Crippen LogP contribution < -0.4 is 0 Å². The number of likely N-dealkylation sites (tertiary alicyclic amines) is 1. The molecule has 0 aliphatic carbocycles. The van der Waals surface area contributed by atoms with E-state index in [-0.39, 0.29) is 11.2 Å². The summed E-state index contributed by atoms with van der Waals surface area (Å²) < 4.78 is 0. The molecule has 0 unspecified atom stereocenters. The SMILES string of the molecule is CC(=O)C1(c2ccc(Cl)cc2)CCN(C)CC1. The molecule has 1 aliphatic heterocycles. The second-order valence-electron chi connectivity index (χ2n) is 4.95. The number of benzene rings is 1. The molecule has 0 spiro atoms. The number of carbonyl (C=O) groups is 1. The lowest BCUT2D eigenvalue weighted by Crippen LogP contribution is -2.45. The van der Waals surface area contributed by atoms with E-state index >= 15 is 0 Å². The molecule has 1 aromatic rings. The third kappa shape index (κ3) is 2.38. The van der Waals surface area contributed by atoms with Gasteiger partial charge in [-0.2, -0.15) is 0 Å². The maximum Gasteiger partial charge on any atom is 0.140 e. The van der Waals surface area contributed by atoms with Crippen molar-refractivity contribution in [3.63, 3.8) is 0 Å². The monoisotopic (exact) mass is 251 g/mol. The van der Waals surface area contributed by atoms with Gasteiger partial charge < -0.3 is 4.90 Å². The van der Waals surface area contributed by atoms with Gasteiger partial charge in [0.05, 0.1) is 5.41 Å². The summed E-state index contributed by atoms with van der Waals surface area (Å²) in [5.74, 6) is 0.271. The van der Waals surface area contributed by atoms with Crippen molar-refractivity contribution in [2.45, 2.75) is 25.2 Å². The first-order chi connectivity index (χ1) is 8.04. The Morgan fingerprint density at radius 2 is 1.76 bits per heavy atom. The molecule has 1 fully saturated rings. The average Bonchev–Trinajstić information content (AvgIpc) is 2.31. The molecular formula is C14H18ClNO. The molecule has 0 bridgehead atoms. The lowest BCUT2D eigenvalue weighted by Gasteiger charge is -2.39. The number of nitrogens with zero attached hydrogens (tertiary/aromatic N) is 1. The van der Waals surface area contributed by atoms with Crippen molar-refractivity contribution in [2.75, 3.05) is 20.1 Å². The van der Waals surface area contributed by atoms with Crippen molar-refractivity contribution in [1.29, 1.82) is 0 Å². The Morgan fingerprint density at radius 3 is 2.24 bits per heavy atom. The summed E-state index contributed by atoms with van der Waals surface area (Å²) in [7, 11) is 2.10. The summed E-state index contributed by atoms with van der Waals surface area (Å²) in [6.07, 6.45) is 1.81. The number of carbonyl (C=O) groups excluding carboxylic acids is 1. The Labute approximate surface area is 108 Å². The lowest BCUT2D eigenvalue weighted by molar-refractivity contribution is -0.124.